The number of hydrogen-bond donors (Lipinski definition) is 2. The van der Waals surface area contributed by atoms with E-state index in [1.165, 1.54) is 44.6 Å². The van der Waals surface area contributed by atoms with Gasteiger partial charge in [-0.1, -0.05) is 11.6 Å². The molecule has 12 heteroatoms. The molecule has 3 rings (SSSR count). The topological polar surface area (TPSA) is 145 Å². The zero-order valence-electron chi connectivity index (χ0n) is 16.8. The molecule has 1 aromatic heterocycles. The standard InChI is InChI=1S/C20H17ClN2O9/c1-29-15-7-10(5-12(21)17(15)31-9-16(24)25)6-13-18(26)23(20(28)22-13)8-11-3-4-14(32-11)19(27)30-2/h3-7H,8-9H2,1-2H3,(H,22,28)(H,24,25)/b13-6-. The number of urea groups is 1. The Morgan fingerprint density at radius 1 is 1.25 bits per heavy atom. The maximum Gasteiger partial charge on any atom is 0.373 e. The summed E-state index contributed by atoms with van der Waals surface area (Å²) in [6.07, 6.45) is 1.37. The average Bonchev–Trinajstić information content (AvgIpc) is 3.32. The lowest BCUT2D eigenvalue weighted by atomic mass is 10.1. The Hall–Kier alpha value is -3.99. The number of esters is 1. The van der Waals surface area contributed by atoms with Crippen molar-refractivity contribution in [3.8, 4) is 11.5 Å². The van der Waals surface area contributed by atoms with Crippen molar-refractivity contribution in [1.29, 1.82) is 0 Å². The molecule has 1 aliphatic heterocycles. The van der Waals surface area contributed by atoms with E-state index in [0.717, 1.165) is 4.90 Å². The van der Waals surface area contributed by atoms with Crippen LogP contribution >= 0.6 is 11.6 Å². The van der Waals surface area contributed by atoms with Crippen LogP contribution in [0.1, 0.15) is 21.9 Å². The van der Waals surface area contributed by atoms with E-state index in [1.54, 1.807) is 0 Å². The lowest BCUT2D eigenvalue weighted by Gasteiger charge is -2.12. The van der Waals surface area contributed by atoms with Crippen LogP contribution in [0.25, 0.3) is 6.08 Å². The monoisotopic (exact) mass is 464 g/mol. The van der Waals surface area contributed by atoms with Crippen LogP contribution in [0.5, 0.6) is 11.5 Å². The van der Waals surface area contributed by atoms with Gasteiger partial charge in [-0.3, -0.25) is 9.69 Å². The Morgan fingerprint density at radius 2 is 2.00 bits per heavy atom. The number of amides is 3. The molecule has 2 aromatic rings. The third-order valence-corrected chi connectivity index (χ3v) is 4.51. The number of furan rings is 1. The van der Waals surface area contributed by atoms with Gasteiger partial charge < -0.3 is 29.1 Å². The van der Waals surface area contributed by atoms with E-state index in [9.17, 15) is 19.2 Å². The van der Waals surface area contributed by atoms with Crippen LogP contribution < -0.4 is 14.8 Å². The normalized spacial score (nSPS) is 14.5. The number of nitrogens with zero attached hydrogens (tertiary/aromatic N) is 1. The molecule has 0 radical (unpaired) electrons. The molecule has 3 amide bonds. The highest BCUT2D eigenvalue weighted by atomic mass is 35.5. The van der Waals surface area contributed by atoms with Crippen LogP contribution in [0.15, 0.2) is 34.4 Å². The number of ether oxygens (including phenoxy) is 3. The highest BCUT2D eigenvalue weighted by Gasteiger charge is 2.34. The largest absolute Gasteiger partial charge is 0.493 e. The molecule has 0 aliphatic carbocycles. The summed E-state index contributed by atoms with van der Waals surface area (Å²) in [5.74, 6) is -2.18. The smallest absolute Gasteiger partial charge is 0.373 e. The van der Waals surface area contributed by atoms with Crippen molar-refractivity contribution >= 4 is 41.6 Å². The number of halogens is 1. The van der Waals surface area contributed by atoms with Gasteiger partial charge in [0.05, 0.1) is 25.8 Å². The number of hydrogen-bond acceptors (Lipinski definition) is 8. The zero-order chi connectivity index (χ0) is 23.4. The number of carbonyl (C=O) groups is 4. The van der Waals surface area contributed by atoms with Crippen LogP contribution in [-0.4, -0.2) is 54.7 Å². The van der Waals surface area contributed by atoms with Crippen molar-refractivity contribution in [1.82, 2.24) is 10.2 Å². The second-order valence-electron chi connectivity index (χ2n) is 6.35. The summed E-state index contributed by atoms with van der Waals surface area (Å²) in [7, 11) is 2.54. The molecule has 2 N–H and O–H groups in total. The molecule has 32 heavy (non-hydrogen) atoms. The Kier molecular flexibility index (Phi) is 6.69. The van der Waals surface area contributed by atoms with E-state index >= 15 is 0 Å². The van der Waals surface area contributed by atoms with Gasteiger partial charge in [0.25, 0.3) is 5.91 Å². The Labute approximate surface area is 186 Å². The number of nitrogens with one attached hydrogen (secondary N) is 1. The molecule has 1 aromatic carbocycles. The first-order valence-electron chi connectivity index (χ1n) is 8.97. The molecule has 0 spiro atoms. The fourth-order valence-electron chi connectivity index (χ4n) is 2.81. The minimum atomic E-state index is -1.19. The second kappa shape index (κ2) is 9.43. The van der Waals surface area contributed by atoms with Crippen molar-refractivity contribution in [3.63, 3.8) is 0 Å². The fraction of sp³-hybridized carbons (Fsp3) is 0.200. The first-order valence-corrected chi connectivity index (χ1v) is 9.35. The summed E-state index contributed by atoms with van der Waals surface area (Å²) >= 11 is 6.16. The average molecular weight is 465 g/mol. The summed E-state index contributed by atoms with van der Waals surface area (Å²) in [5.41, 5.74) is 0.359. The molecule has 11 nitrogen and oxygen atoms in total. The number of carboxylic acid groups (broad SMARTS) is 1. The van der Waals surface area contributed by atoms with Crippen molar-refractivity contribution in [2.75, 3.05) is 20.8 Å². The molecule has 1 fully saturated rings. The fourth-order valence-corrected chi connectivity index (χ4v) is 3.08. The first kappa shape index (κ1) is 22.7. The highest BCUT2D eigenvalue weighted by Crippen LogP contribution is 2.37. The molecule has 0 unspecified atom stereocenters. The van der Waals surface area contributed by atoms with E-state index in [0.29, 0.717) is 5.56 Å². The number of rotatable bonds is 8. The van der Waals surface area contributed by atoms with Crippen LogP contribution in [0, 0.1) is 0 Å². The van der Waals surface area contributed by atoms with E-state index in [1.807, 2.05) is 0 Å². The van der Waals surface area contributed by atoms with Gasteiger partial charge in [0.2, 0.25) is 5.76 Å². The predicted octanol–water partition coefficient (Wildman–Crippen LogP) is 2.28. The lowest BCUT2D eigenvalue weighted by molar-refractivity contribution is -0.139. The van der Waals surface area contributed by atoms with Gasteiger partial charge in [0.1, 0.15) is 11.5 Å². The van der Waals surface area contributed by atoms with Gasteiger partial charge in [-0.25, -0.2) is 14.4 Å². The van der Waals surface area contributed by atoms with Gasteiger partial charge in [-0.05, 0) is 35.9 Å². The molecule has 168 valence electrons. The van der Waals surface area contributed by atoms with E-state index < -0.39 is 30.5 Å². The Balaban J connectivity index is 1.80. The number of aliphatic carboxylic acids is 1. The summed E-state index contributed by atoms with van der Waals surface area (Å²) in [5, 5.41) is 11.3. The van der Waals surface area contributed by atoms with Crippen LogP contribution in [0.3, 0.4) is 0 Å². The Morgan fingerprint density at radius 3 is 2.66 bits per heavy atom. The molecular formula is C20H17ClN2O9. The van der Waals surface area contributed by atoms with Crippen molar-refractivity contribution in [2.45, 2.75) is 6.54 Å². The van der Waals surface area contributed by atoms with Crippen LogP contribution in [0.2, 0.25) is 5.02 Å². The molecule has 2 heterocycles. The molecule has 0 atom stereocenters. The predicted molar refractivity (Wildman–Crippen MR) is 108 cm³/mol. The molecular weight excluding hydrogens is 448 g/mol. The minimum Gasteiger partial charge on any atom is -0.493 e. The first-order chi connectivity index (χ1) is 15.2. The van der Waals surface area contributed by atoms with E-state index in [4.69, 9.17) is 30.6 Å². The molecule has 0 bridgehead atoms. The molecule has 1 saturated heterocycles. The molecule has 0 saturated carbocycles. The van der Waals surface area contributed by atoms with Gasteiger partial charge in [-0.15, -0.1) is 0 Å². The maximum absolute atomic E-state index is 12.7. The van der Waals surface area contributed by atoms with E-state index in [-0.39, 0.29) is 40.3 Å². The van der Waals surface area contributed by atoms with Gasteiger partial charge in [0, 0.05) is 0 Å². The van der Waals surface area contributed by atoms with Crippen molar-refractivity contribution in [2.24, 2.45) is 0 Å². The minimum absolute atomic E-state index is 0.0290. The quantitative estimate of drug-likeness (QED) is 0.341. The number of benzene rings is 1. The van der Waals surface area contributed by atoms with E-state index in [2.05, 4.69) is 10.1 Å². The van der Waals surface area contributed by atoms with Crippen LogP contribution in [-0.2, 0) is 20.9 Å². The van der Waals surface area contributed by atoms with Crippen molar-refractivity contribution < 1.29 is 42.9 Å². The second-order valence-corrected chi connectivity index (χ2v) is 6.76. The number of carbonyl (C=O) groups excluding carboxylic acids is 3. The third-order valence-electron chi connectivity index (χ3n) is 4.23. The number of imide groups is 1. The molecule has 1 aliphatic rings. The van der Waals surface area contributed by atoms with Gasteiger partial charge >= 0.3 is 18.0 Å². The summed E-state index contributed by atoms with van der Waals surface area (Å²) in [4.78, 5) is 48.1. The zero-order valence-corrected chi connectivity index (χ0v) is 17.6. The van der Waals surface area contributed by atoms with Gasteiger partial charge in [0.15, 0.2) is 18.1 Å². The van der Waals surface area contributed by atoms with Gasteiger partial charge in [-0.2, -0.15) is 0 Å². The van der Waals surface area contributed by atoms with Crippen molar-refractivity contribution in [3.05, 3.63) is 52.1 Å². The summed E-state index contributed by atoms with van der Waals surface area (Å²) < 4.78 is 20.1. The SMILES string of the molecule is COC(=O)c1ccc(CN2C(=O)N/C(=C\c3cc(Cl)c(OCC(=O)O)c(OC)c3)C2=O)o1. The third kappa shape index (κ3) is 4.83. The van der Waals surface area contributed by atoms with Crippen LogP contribution in [0.4, 0.5) is 4.79 Å². The Bertz CT molecular complexity index is 1120. The summed E-state index contributed by atoms with van der Waals surface area (Å²) in [6, 6.07) is 5.03. The number of methoxy groups -OCH3 is 2. The summed E-state index contributed by atoms with van der Waals surface area (Å²) in [6.45, 7) is -0.824. The number of carboxylic acids is 1. The highest BCUT2D eigenvalue weighted by molar-refractivity contribution is 6.32. The maximum atomic E-state index is 12.7. The lowest BCUT2D eigenvalue weighted by Crippen LogP contribution is -2.30.